The number of ether oxygens (including phenoxy) is 1. The van der Waals surface area contributed by atoms with Crippen LogP contribution in [0.1, 0.15) is 11.6 Å². The highest BCUT2D eigenvalue weighted by Gasteiger charge is 2.21. The number of nitrogens with zero attached hydrogens (tertiary/aromatic N) is 2. The Morgan fingerprint density at radius 1 is 1.03 bits per heavy atom. The molecule has 0 radical (unpaired) electrons. The van der Waals surface area contributed by atoms with Crippen LogP contribution in [-0.4, -0.2) is 62.1 Å². The second kappa shape index (κ2) is 10.5. The molecule has 1 amide bonds. The Labute approximate surface area is 186 Å². The van der Waals surface area contributed by atoms with Gasteiger partial charge in [-0.05, 0) is 18.7 Å². The van der Waals surface area contributed by atoms with Gasteiger partial charge in [0, 0.05) is 38.8 Å². The molecule has 0 aromatic heterocycles. The molecule has 3 rings (SSSR count). The molecule has 0 spiro atoms. The standard InChI is InChI=1S/C21H24Cl3N3O2/c1-26-7-9-27(10-8-26)13-19(15-5-3-2-4-6-15)25-21(28)14-29-20-12-17(23)16(22)11-18(20)24/h2-6,11-12,19H,7-10,13-14H2,1H3,(H,25,28). The number of hydrogen-bond acceptors (Lipinski definition) is 4. The van der Waals surface area contributed by atoms with Crippen LogP contribution >= 0.6 is 34.8 Å². The maximum absolute atomic E-state index is 12.6. The Hall–Kier alpha value is -1.50. The van der Waals surface area contributed by atoms with E-state index in [4.69, 9.17) is 39.5 Å². The quantitative estimate of drug-likeness (QED) is 0.636. The number of nitrogens with one attached hydrogen (secondary N) is 1. The van der Waals surface area contributed by atoms with E-state index in [-0.39, 0.29) is 18.6 Å². The minimum atomic E-state index is -0.227. The maximum Gasteiger partial charge on any atom is 0.258 e. The van der Waals surface area contributed by atoms with Gasteiger partial charge < -0.3 is 15.0 Å². The van der Waals surface area contributed by atoms with Crippen LogP contribution < -0.4 is 10.1 Å². The van der Waals surface area contributed by atoms with Gasteiger partial charge in [-0.25, -0.2) is 0 Å². The van der Waals surface area contributed by atoms with Gasteiger partial charge in [-0.15, -0.1) is 0 Å². The van der Waals surface area contributed by atoms with Gasteiger partial charge in [0.1, 0.15) is 5.75 Å². The van der Waals surface area contributed by atoms with Crippen molar-refractivity contribution in [1.29, 1.82) is 0 Å². The molecule has 1 fully saturated rings. The van der Waals surface area contributed by atoms with Crippen LogP contribution in [0.25, 0.3) is 0 Å². The van der Waals surface area contributed by atoms with E-state index < -0.39 is 0 Å². The summed E-state index contributed by atoms with van der Waals surface area (Å²) in [5.41, 5.74) is 1.06. The van der Waals surface area contributed by atoms with Crippen molar-refractivity contribution < 1.29 is 9.53 Å². The van der Waals surface area contributed by atoms with E-state index in [2.05, 4.69) is 22.2 Å². The second-order valence-electron chi connectivity index (χ2n) is 7.12. The molecule has 0 bridgehead atoms. The summed E-state index contributed by atoms with van der Waals surface area (Å²) in [6.45, 7) is 4.58. The second-order valence-corrected chi connectivity index (χ2v) is 8.34. The normalized spacial score (nSPS) is 16.4. The summed E-state index contributed by atoms with van der Waals surface area (Å²) >= 11 is 18.0. The molecule has 1 saturated heterocycles. The van der Waals surface area contributed by atoms with Crippen molar-refractivity contribution in [1.82, 2.24) is 15.1 Å². The molecule has 5 nitrogen and oxygen atoms in total. The van der Waals surface area contributed by atoms with Crippen LogP contribution in [0.4, 0.5) is 0 Å². The number of carbonyl (C=O) groups excluding carboxylic acids is 1. The van der Waals surface area contributed by atoms with E-state index >= 15 is 0 Å². The number of amides is 1. The lowest BCUT2D eigenvalue weighted by Gasteiger charge is -2.35. The van der Waals surface area contributed by atoms with Gasteiger partial charge in [0.05, 0.1) is 21.1 Å². The van der Waals surface area contributed by atoms with Crippen molar-refractivity contribution in [3.05, 3.63) is 63.1 Å². The first kappa shape index (κ1) is 22.2. The predicted molar refractivity (Wildman–Crippen MR) is 118 cm³/mol. The summed E-state index contributed by atoms with van der Waals surface area (Å²) in [6, 6.07) is 12.9. The highest BCUT2D eigenvalue weighted by atomic mass is 35.5. The molecular weight excluding hydrogens is 433 g/mol. The summed E-state index contributed by atoms with van der Waals surface area (Å²) in [5.74, 6) is 0.0988. The maximum atomic E-state index is 12.6. The van der Waals surface area contributed by atoms with E-state index in [9.17, 15) is 4.79 Å². The fourth-order valence-corrected chi connectivity index (χ4v) is 3.79. The van der Waals surface area contributed by atoms with E-state index in [0.717, 1.165) is 38.3 Å². The molecule has 8 heteroatoms. The predicted octanol–water partition coefficient (Wildman–Crippen LogP) is 4.13. The van der Waals surface area contributed by atoms with E-state index in [0.29, 0.717) is 20.8 Å². The largest absolute Gasteiger partial charge is 0.482 e. The SMILES string of the molecule is CN1CCN(CC(NC(=O)COc2cc(Cl)c(Cl)cc2Cl)c2ccccc2)CC1. The monoisotopic (exact) mass is 455 g/mol. The van der Waals surface area contributed by atoms with Gasteiger partial charge in [-0.1, -0.05) is 65.1 Å². The zero-order chi connectivity index (χ0) is 20.8. The van der Waals surface area contributed by atoms with Gasteiger partial charge >= 0.3 is 0 Å². The Morgan fingerprint density at radius 2 is 1.69 bits per heavy atom. The smallest absolute Gasteiger partial charge is 0.258 e. The number of hydrogen-bond donors (Lipinski definition) is 1. The van der Waals surface area contributed by atoms with Crippen molar-refractivity contribution in [2.75, 3.05) is 46.4 Å². The number of carbonyl (C=O) groups is 1. The first-order valence-electron chi connectivity index (χ1n) is 9.45. The summed E-state index contributed by atoms with van der Waals surface area (Å²) in [5, 5.41) is 4.06. The summed E-state index contributed by atoms with van der Waals surface area (Å²) in [4.78, 5) is 17.3. The number of piperazine rings is 1. The molecule has 1 aliphatic heterocycles. The van der Waals surface area contributed by atoms with Gasteiger partial charge in [-0.3, -0.25) is 9.69 Å². The lowest BCUT2D eigenvalue weighted by atomic mass is 10.1. The number of benzene rings is 2. The Balaban J connectivity index is 1.62. The van der Waals surface area contributed by atoms with Gasteiger partial charge in [0.15, 0.2) is 6.61 Å². The van der Waals surface area contributed by atoms with Crippen LogP contribution in [0.5, 0.6) is 5.75 Å². The number of rotatable bonds is 7. The first-order chi connectivity index (χ1) is 13.9. The molecule has 2 aromatic carbocycles. The summed E-state index contributed by atoms with van der Waals surface area (Å²) < 4.78 is 5.57. The third-order valence-corrected chi connectivity index (χ3v) is 5.92. The van der Waals surface area contributed by atoms with Gasteiger partial charge in [-0.2, -0.15) is 0 Å². The Morgan fingerprint density at radius 3 is 2.38 bits per heavy atom. The third-order valence-electron chi connectivity index (χ3n) is 4.91. The highest BCUT2D eigenvalue weighted by molar-refractivity contribution is 6.43. The average Bonchev–Trinajstić information content (AvgIpc) is 2.71. The van der Waals surface area contributed by atoms with Crippen molar-refractivity contribution >= 4 is 40.7 Å². The van der Waals surface area contributed by atoms with Gasteiger partial charge in [0.2, 0.25) is 0 Å². The molecule has 0 saturated carbocycles. The molecule has 1 N–H and O–H groups in total. The van der Waals surface area contributed by atoms with Crippen LogP contribution in [0.15, 0.2) is 42.5 Å². The molecule has 29 heavy (non-hydrogen) atoms. The third kappa shape index (κ3) is 6.49. The summed E-state index contributed by atoms with van der Waals surface area (Å²) in [6.07, 6.45) is 0. The Bertz CT molecular complexity index is 827. The zero-order valence-electron chi connectivity index (χ0n) is 16.2. The van der Waals surface area contributed by atoms with Crippen molar-refractivity contribution in [2.45, 2.75) is 6.04 Å². The molecule has 1 unspecified atom stereocenters. The molecule has 1 aliphatic rings. The molecule has 1 heterocycles. The number of halogens is 3. The van der Waals surface area contributed by atoms with E-state index in [1.54, 1.807) is 0 Å². The van der Waals surface area contributed by atoms with Crippen molar-refractivity contribution in [3.63, 3.8) is 0 Å². The van der Waals surface area contributed by atoms with Crippen LogP contribution in [0.2, 0.25) is 15.1 Å². The minimum Gasteiger partial charge on any atom is -0.482 e. The van der Waals surface area contributed by atoms with Crippen LogP contribution in [0.3, 0.4) is 0 Å². The lowest BCUT2D eigenvalue weighted by molar-refractivity contribution is -0.124. The molecule has 156 valence electrons. The highest BCUT2D eigenvalue weighted by Crippen LogP contribution is 2.33. The molecule has 1 atom stereocenters. The lowest BCUT2D eigenvalue weighted by Crippen LogP contribution is -2.48. The van der Waals surface area contributed by atoms with Crippen LogP contribution in [-0.2, 0) is 4.79 Å². The zero-order valence-corrected chi connectivity index (χ0v) is 18.5. The number of likely N-dealkylation sites (N-methyl/N-ethyl adjacent to an activating group) is 1. The average molecular weight is 457 g/mol. The Kier molecular flexibility index (Phi) is 8.04. The van der Waals surface area contributed by atoms with Gasteiger partial charge in [0.25, 0.3) is 5.91 Å². The fourth-order valence-electron chi connectivity index (χ4n) is 3.20. The van der Waals surface area contributed by atoms with Crippen molar-refractivity contribution in [3.8, 4) is 5.75 Å². The van der Waals surface area contributed by atoms with Crippen LogP contribution in [0, 0.1) is 0 Å². The molecule has 2 aromatic rings. The van der Waals surface area contributed by atoms with E-state index in [1.807, 2.05) is 30.3 Å². The molecular formula is C21H24Cl3N3O2. The first-order valence-corrected chi connectivity index (χ1v) is 10.6. The fraction of sp³-hybridized carbons (Fsp3) is 0.381. The van der Waals surface area contributed by atoms with Crippen molar-refractivity contribution in [2.24, 2.45) is 0 Å². The molecule has 0 aliphatic carbocycles. The van der Waals surface area contributed by atoms with E-state index in [1.165, 1.54) is 12.1 Å². The minimum absolute atomic E-state index is 0.125. The summed E-state index contributed by atoms with van der Waals surface area (Å²) in [7, 11) is 2.12. The topological polar surface area (TPSA) is 44.8 Å².